The number of phenolic OH excluding ortho intramolecular Hbond substituents is 1. The second-order valence-electron chi connectivity index (χ2n) is 6.32. The first kappa shape index (κ1) is 21.2. The van der Waals surface area contributed by atoms with Gasteiger partial charge in [0.05, 0.1) is 29.5 Å². The van der Waals surface area contributed by atoms with Gasteiger partial charge in [-0.2, -0.15) is 0 Å². The van der Waals surface area contributed by atoms with Crippen LogP contribution in [-0.4, -0.2) is 36.3 Å². The van der Waals surface area contributed by atoms with Crippen LogP contribution >= 0.6 is 11.6 Å². The van der Waals surface area contributed by atoms with E-state index in [1.165, 1.54) is 24.3 Å². The summed E-state index contributed by atoms with van der Waals surface area (Å²) < 4.78 is 10.4. The van der Waals surface area contributed by atoms with Gasteiger partial charge in [0.15, 0.2) is 0 Å². The number of ether oxygens (including phenoxy) is 2. The van der Waals surface area contributed by atoms with E-state index in [9.17, 15) is 19.5 Å². The minimum absolute atomic E-state index is 0.00952. The van der Waals surface area contributed by atoms with Crippen molar-refractivity contribution in [2.45, 2.75) is 13.0 Å². The van der Waals surface area contributed by atoms with Crippen LogP contribution in [0.4, 0.5) is 4.79 Å². The lowest BCUT2D eigenvalue weighted by Crippen LogP contribution is -2.47. The molecule has 1 unspecified atom stereocenters. The fraction of sp³-hybridized carbons (Fsp3) is 0.190. The third-order valence-corrected chi connectivity index (χ3v) is 4.55. The normalized spacial score (nSPS) is 15.8. The number of amides is 2. The summed E-state index contributed by atoms with van der Waals surface area (Å²) >= 11 is 5.93. The zero-order valence-corrected chi connectivity index (χ0v) is 16.7. The molecular weight excluding hydrogens is 412 g/mol. The first-order chi connectivity index (χ1) is 14.4. The van der Waals surface area contributed by atoms with E-state index < -0.39 is 24.0 Å². The Hall–Kier alpha value is -3.52. The maximum atomic E-state index is 12.7. The molecule has 1 aliphatic rings. The molecule has 0 saturated heterocycles. The molecule has 8 nitrogen and oxygen atoms in total. The summed E-state index contributed by atoms with van der Waals surface area (Å²) in [5, 5.41) is 15.0. The van der Waals surface area contributed by atoms with Crippen LogP contribution in [0, 0.1) is 0 Å². The van der Waals surface area contributed by atoms with Crippen molar-refractivity contribution in [1.29, 1.82) is 0 Å². The number of carbonyl (C=O) groups is 3. The molecule has 1 atom stereocenters. The standard InChI is InChI=1S/C21H19ClN2O6/c1-2-29-20(27)17-16(11-30-19(26)13-5-9-15(25)10-6-13)23-21(28)24-18(17)12-3-7-14(22)8-4-12/h3-10,18,25H,2,11H2,1H3,(H2,23,24,28). The van der Waals surface area contributed by atoms with Crippen molar-refractivity contribution < 1.29 is 29.0 Å². The summed E-state index contributed by atoms with van der Waals surface area (Å²) in [6, 6.07) is 10.8. The molecule has 0 bridgehead atoms. The van der Waals surface area contributed by atoms with Crippen LogP contribution in [-0.2, 0) is 14.3 Å². The Labute approximate surface area is 177 Å². The lowest BCUT2D eigenvalue weighted by molar-refractivity contribution is -0.139. The minimum Gasteiger partial charge on any atom is -0.508 e. The highest BCUT2D eigenvalue weighted by Crippen LogP contribution is 2.29. The van der Waals surface area contributed by atoms with Crippen molar-refractivity contribution in [1.82, 2.24) is 10.6 Å². The SMILES string of the molecule is CCOC(=O)C1=C(COC(=O)c2ccc(O)cc2)NC(=O)NC1c1ccc(Cl)cc1. The van der Waals surface area contributed by atoms with Crippen LogP contribution < -0.4 is 10.6 Å². The lowest BCUT2D eigenvalue weighted by Gasteiger charge is -2.29. The monoisotopic (exact) mass is 430 g/mol. The molecule has 0 saturated carbocycles. The van der Waals surface area contributed by atoms with Crippen LogP contribution in [0.25, 0.3) is 0 Å². The van der Waals surface area contributed by atoms with Gasteiger partial charge in [-0.15, -0.1) is 0 Å². The second kappa shape index (κ2) is 9.32. The van der Waals surface area contributed by atoms with Gasteiger partial charge >= 0.3 is 18.0 Å². The zero-order valence-electron chi connectivity index (χ0n) is 16.0. The van der Waals surface area contributed by atoms with Crippen LogP contribution in [0.3, 0.4) is 0 Å². The van der Waals surface area contributed by atoms with Gasteiger partial charge in [0, 0.05) is 5.02 Å². The fourth-order valence-electron chi connectivity index (χ4n) is 2.91. The van der Waals surface area contributed by atoms with E-state index >= 15 is 0 Å². The van der Waals surface area contributed by atoms with E-state index in [0.29, 0.717) is 10.6 Å². The summed E-state index contributed by atoms with van der Waals surface area (Å²) in [4.78, 5) is 37.1. The second-order valence-corrected chi connectivity index (χ2v) is 6.76. The molecule has 3 N–H and O–H groups in total. The van der Waals surface area contributed by atoms with E-state index in [0.717, 1.165) is 0 Å². The lowest BCUT2D eigenvalue weighted by atomic mass is 9.95. The molecule has 0 aliphatic carbocycles. The number of carbonyl (C=O) groups excluding carboxylic acids is 3. The molecule has 0 aromatic heterocycles. The summed E-state index contributed by atoms with van der Waals surface area (Å²) in [6.07, 6.45) is 0. The molecule has 0 radical (unpaired) electrons. The van der Waals surface area contributed by atoms with Gasteiger partial charge in [0.25, 0.3) is 0 Å². The van der Waals surface area contributed by atoms with Gasteiger partial charge < -0.3 is 25.2 Å². The Kier molecular flexibility index (Phi) is 6.58. The van der Waals surface area contributed by atoms with Crippen molar-refractivity contribution in [2.24, 2.45) is 0 Å². The van der Waals surface area contributed by atoms with Gasteiger partial charge in [-0.1, -0.05) is 23.7 Å². The molecule has 0 fully saturated rings. The number of phenols is 1. The third kappa shape index (κ3) is 4.90. The van der Waals surface area contributed by atoms with Crippen LogP contribution in [0.5, 0.6) is 5.75 Å². The Morgan fingerprint density at radius 3 is 2.33 bits per heavy atom. The number of rotatable bonds is 6. The maximum absolute atomic E-state index is 12.7. The highest BCUT2D eigenvalue weighted by Gasteiger charge is 2.34. The van der Waals surface area contributed by atoms with Crippen LogP contribution in [0.2, 0.25) is 5.02 Å². The molecule has 30 heavy (non-hydrogen) atoms. The number of esters is 2. The Morgan fingerprint density at radius 2 is 1.70 bits per heavy atom. The van der Waals surface area contributed by atoms with Crippen molar-refractivity contribution in [3.8, 4) is 5.75 Å². The molecule has 2 aromatic carbocycles. The third-order valence-electron chi connectivity index (χ3n) is 4.30. The molecule has 2 amide bonds. The zero-order chi connectivity index (χ0) is 21.7. The van der Waals surface area contributed by atoms with E-state index in [4.69, 9.17) is 21.1 Å². The summed E-state index contributed by atoms with van der Waals surface area (Å²) in [7, 11) is 0. The summed E-state index contributed by atoms with van der Waals surface area (Å²) in [5.74, 6) is -1.32. The van der Waals surface area contributed by atoms with E-state index in [1.807, 2.05) is 0 Å². The molecule has 1 heterocycles. The predicted octanol–water partition coefficient (Wildman–Crippen LogP) is 3.07. The van der Waals surface area contributed by atoms with Crippen molar-refractivity contribution in [2.75, 3.05) is 13.2 Å². The number of halogens is 1. The van der Waals surface area contributed by atoms with Gasteiger partial charge in [-0.25, -0.2) is 14.4 Å². The van der Waals surface area contributed by atoms with Crippen LogP contribution in [0.15, 0.2) is 59.8 Å². The largest absolute Gasteiger partial charge is 0.508 e. The highest BCUT2D eigenvalue weighted by atomic mass is 35.5. The van der Waals surface area contributed by atoms with Crippen LogP contribution in [0.1, 0.15) is 28.9 Å². The van der Waals surface area contributed by atoms with Gasteiger partial charge in [0.2, 0.25) is 0 Å². The molecule has 0 spiro atoms. The van der Waals surface area contributed by atoms with E-state index in [-0.39, 0.29) is 35.8 Å². The topological polar surface area (TPSA) is 114 Å². The average Bonchev–Trinajstić information content (AvgIpc) is 2.72. The number of hydrogen-bond acceptors (Lipinski definition) is 6. The van der Waals surface area contributed by atoms with E-state index in [1.54, 1.807) is 31.2 Å². The Balaban J connectivity index is 1.91. The van der Waals surface area contributed by atoms with Gasteiger partial charge in [0.1, 0.15) is 12.4 Å². The number of benzene rings is 2. The quantitative estimate of drug-likeness (QED) is 0.607. The van der Waals surface area contributed by atoms with Crippen molar-refractivity contribution in [3.63, 3.8) is 0 Å². The van der Waals surface area contributed by atoms with E-state index in [2.05, 4.69) is 10.6 Å². The molecule has 3 rings (SSSR count). The van der Waals surface area contributed by atoms with Crippen molar-refractivity contribution >= 4 is 29.6 Å². The summed E-state index contributed by atoms with van der Waals surface area (Å²) in [5.41, 5.74) is 1.06. The number of aromatic hydroxyl groups is 1. The molecular formula is C21H19ClN2O6. The van der Waals surface area contributed by atoms with Gasteiger partial charge in [-0.3, -0.25) is 0 Å². The molecule has 9 heteroatoms. The average molecular weight is 431 g/mol. The fourth-order valence-corrected chi connectivity index (χ4v) is 3.03. The Morgan fingerprint density at radius 1 is 1.03 bits per heavy atom. The molecule has 156 valence electrons. The molecule has 1 aliphatic heterocycles. The Bertz CT molecular complexity index is 986. The number of hydrogen-bond donors (Lipinski definition) is 3. The smallest absolute Gasteiger partial charge is 0.338 e. The maximum Gasteiger partial charge on any atom is 0.338 e. The number of urea groups is 1. The van der Waals surface area contributed by atoms with Crippen molar-refractivity contribution in [3.05, 3.63) is 76.0 Å². The first-order valence-electron chi connectivity index (χ1n) is 9.08. The highest BCUT2D eigenvalue weighted by molar-refractivity contribution is 6.30. The predicted molar refractivity (Wildman–Crippen MR) is 108 cm³/mol. The molecule has 2 aromatic rings. The minimum atomic E-state index is -0.808. The number of nitrogens with one attached hydrogen (secondary N) is 2. The summed E-state index contributed by atoms with van der Waals surface area (Å²) in [6.45, 7) is 1.44. The first-order valence-corrected chi connectivity index (χ1v) is 9.46. The van der Waals surface area contributed by atoms with Gasteiger partial charge in [-0.05, 0) is 48.9 Å².